The molecule has 1 N–H and O–H groups in total. The van der Waals surface area contributed by atoms with Crippen molar-refractivity contribution in [3.63, 3.8) is 0 Å². The van der Waals surface area contributed by atoms with Crippen LogP contribution in [0.1, 0.15) is 33.4 Å². The van der Waals surface area contributed by atoms with Gasteiger partial charge in [0, 0.05) is 24.7 Å². The second-order valence-electron chi connectivity index (χ2n) is 5.76. The van der Waals surface area contributed by atoms with Crippen LogP contribution < -0.4 is 5.46 Å². The summed E-state index contributed by atoms with van der Waals surface area (Å²) in [6.45, 7) is 7.64. The highest BCUT2D eigenvalue weighted by Crippen LogP contribution is 2.36. The average molecular weight is 267 g/mol. The molecule has 1 aromatic rings. The van der Waals surface area contributed by atoms with Gasteiger partial charge in [-0.2, -0.15) is 0 Å². The SMILES string of the molecule is CC1(C)OB(c2cnc(CCO)c(F)c2)OC1(C)C. The van der Waals surface area contributed by atoms with Crippen LogP contribution in [0.4, 0.5) is 4.39 Å². The summed E-state index contributed by atoms with van der Waals surface area (Å²) in [6, 6.07) is 1.36. The minimum absolute atomic E-state index is 0.125. The number of hydrogen-bond acceptors (Lipinski definition) is 4. The van der Waals surface area contributed by atoms with Crippen molar-refractivity contribution in [3.8, 4) is 0 Å². The standard InChI is InChI=1S/C13H19BFNO3/c1-12(2)13(3,4)19-14(18-12)9-7-10(15)11(5-6-17)16-8-9/h7-8,17H,5-6H2,1-4H3. The maximum Gasteiger partial charge on any atom is 0.496 e. The molecule has 0 amide bonds. The number of rotatable bonds is 3. The van der Waals surface area contributed by atoms with Gasteiger partial charge >= 0.3 is 7.12 Å². The maximum atomic E-state index is 13.8. The Morgan fingerprint density at radius 3 is 2.32 bits per heavy atom. The van der Waals surface area contributed by atoms with E-state index in [1.807, 2.05) is 27.7 Å². The molecule has 1 aliphatic heterocycles. The highest BCUT2D eigenvalue weighted by atomic mass is 19.1. The van der Waals surface area contributed by atoms with Crippen molar-refractivity contribution in [2.24, 2.45) is 0 Å². The maximum absolute atomic E-state index is 13.8. The van der Waals surface area contributed by atoms with Crippen LogP contribution in [0.2, 0.25) is 0 Å². The lowest BCUT2D eigenvalue weighted by atomic mass is 9.80. The van der Waals surface area contributed by atoms with Crippen LogP contribution in [0.5, 0.6) is 0 Å². The van der Waals surface area contributed by atoms with Gasteiger partial charge in [-0.15, -0.1) is 0 Å². The Balaban J connectivity index is 2.23. The second kappa shape index (κ2) is 4.85. The molecule has 0 unspecified atom stereocenters. The lowest BCUT2D eigenvalue weighted by Gasteiger charge is -2.32. The molecule has 0 aliphatic carbocycles. The third-order valence-electron chi connectivity index (χ3n) is 3.81. The number of pyridine rings is 1. The van der Waals surface area contributed by atoms with Gasteiger partial charge in [0.15, 0.2) is 0 Å². The third kappa shape index (κ3) is 2.66. The van der Waals surface area contributed by atoms with Crippen molar-refractivity contribution >= 4 is 12.6 Å². The molecule has 104 valence electrons. The summed E-state index contributed by atoms with van der Waals surface area (Å²) in [4.78, 5) is 4.01. The number of aromatic nitrogens is 1. The van der Waals surface area contributed by atoms with E-state index in [0.29, 0.717) is 5.46 Å². The van der Waals surface area contributed by atoms with Crippen molar-refractivity contribution in [2.75, 3.05) is 6.61 Å². The Kier molecular flexibility index (Phi) is 3.68. The topological polar surface area (TPSA) is 51.6 Å². The van der Waals surface area contributed by atoms with Crippen molar-refractivity contribution in [1.29, 1.82) is 0 Å². The summed E-state index contributed by atoms with van der Waals surface area (Å²) >= 11 is 0. The van der Waals surface area contributed by atoms with E-state index in [4.69, 9.17) is 14.4 Å². The Labute approximate surface area is 113 Å². The zero-order valence-electron chi connectivity index (χ0n) is 11.7. The molecule has 1 fully saturated rings. The molecule has 1 saturated heterocycles. The summed E-state index contributed by atoms with van der Waals surface area (Å²) in [5.74, 6) is -0.443. The van der Waals surface area contributed by atoms with Gasteiger partial charge in [-0.3, -0.25) is 4.98 Å². The van der Waals surface area contributed by atoms with Crippen molar-refractivity contribution in [3.05, 3.63) is 23.8 Å². The van der Waals surface area contributed by atoms with Crippen LogP contribution in [-0.2, 0) is 15.7 Å². The summed E-state index contributed by atoms with van der Waals surface area (Å²) in [6.07, 6.45) is 1.74. The van der Waals surface area contributed by atoms with Gasteiger partial charge in [-0.1, -0.05) is 0 Å². The van der Waals surface area contributed by atoms with Gasteiger partial charge in [0.25, 0.3) is 0 Å². The fourth-order valence-electron chi connectivity index (χ4n) is 1.88. The fraction of sp³-hybridized carbons (Fsp3) is 0.615. The fourth-order valence-corrected chi connectivity index (χ4v) is 1.88. The second-order valence-corrected chi connectivity index (χ2v) is 5.76. The normalized spacial score (nSPS) is 20.8. The number of halogens is 1. The van der Waals surface area contributed by atoms with Crippen LogP contribution in [0.25, 0.3) is 0 Å². The molecule has 6 heteroatoms. The van der Waals surface area contributed by atoms with Gasteiger partial charge in [-0.25, -0.2) is 4.39 Å². The van der Waals surface area contributed by atoms with Crippen LogP contribution in [0.15, 0.2) is 12.3 Å². The van der Waals surface area contributed by atoms with Crippen molar-refractivity contribution < 1.29 is 18.8 Å². The van der Waals surface area contributed by atoms with E-state index in [1.54, 1.807) is 0 Å². The molecule has 19 heavy (non-hydrogen) atoms. The molecule has 2 heterocycles. The van der Waals surface area contributed by atoms with E-state index in [1.165, 1.54) is 12.3 Å². The Morgan fingerprint density at radius 1 is 1.26 bits per heavy atom. The number of aliphatic hydroxyl groups is 1. The van der Waals surface area contributed by atoms with Crippen LogP contribution in [0.3, 0.4) is 0 Å². The van der Waals surface area contributed by atoms with E-state index < -0.39 is 24.1 Å². The van der Waals surface area contributed by atoms with E-state index in [0.717, 1.165) is 0 Å². The van der Waals surface area contributed by atoms with E-state index in [2.05, 4.69) is 4.98 Å². The average Bonchev–Trinajstić information content (AvgIpc) is 2.51. The zero-order valence-corrected chi connectivity index (χ0v) is 11.7. The molecule has 0 spiro atoms. The zero-order chi connectivity index (χ0) is 14.3. The minimum atomic E-state index is -0.616. The van der Waals surface area contributed by atoms with Crippen LogP contribution in [0, 0.1) is 5.82 Å². The van der Waals surface area contributed by atoms with Crippen LogP contribution in [-0.4, -0.2) is 35.0 Å². The lowest BCUT2D eigenvalue weighted by Crippen LogP contribution is -2.41. The highest BCUT2D eigenvalue weighted by molar-refractivity contribution is 6.62. The van der Waals surface area contributed by atoms with Crippen LogP contribution >= 0.6 is 0 Å². The quantitative estimate of drug-likeness (QED) is 0.832. The van der Waals surface area contributed by atoms with E-state index in [9.17, 15) is 4.39 Å². The van der Waals surface area contributed by atoms with Gasteiger partial charge in [0.1, 0.15) is 5.82 Å². The van der Waals surface area contributed by atoms with Gasteiger partial charge < -0.3 is 14.4 Å². The molecule has 0 atom stereocenters. The lowest BCUT2D eigenvalue weighted by molar-refractivity contribution is 0.00578. The monoisotopic (exact) mass is 267 g/mol. The smallest absolute Gasteiger partial charge is 0.399 e. The van der Waals surface area contributed by atoms with Crippen molar-refractivity contribution in [2.45, 2.75) is 45.3 Å². The van der Waals surface area contributed by atoms with Crippen molar-refractivity contribution in [1.82, 2.24) is 4.98 Å². The summed E-state index contributed by atoms with van der Waals surface area (Å²) < 4.78 is 25.4. The molecular weight excluding hydrogens is 248 g/mol. The minimum Gasteiger partial charge on any atom is -0.399 e. The molecule has 2 rings (SSSR count). The molecule has 0 saturated carbocycles. The van der Waals surface area contributed by atoms with Gasteiger partial charge in [-0.05, 0) is 33.8 Å². The largest absolute Gasteiger partial charge is 0.496 e. The predicted molar refractivity (Wildman–Crippen MR) is 70.7 cm³/mol. The van der Waals surface area contributed by atoms with Gasteiger partial charge in [0.05, 0.1) is 16.9 Å². The summed E-state index contributed by atoms with van der Waals surface area (Å²) in [5, 5.41) is 8.81. The predicted octanol–water partition coefficient (Wildman–Crippen LogP) is 1.05. The van der Waals surface area contributed by atoms with Gasteiger partial charge in [0.2, 0.25) is 0 Å². The number of aliphatic hydroxyl groups excluding tert-OH is 1. The molecule has 0 bridgehead atoms. The molecule has 1 aliphatic rings. The van der Waals surface area contributed by atoms with E-state index >= 15 is 0 Å². The molecule has 0 aromatic carbocycles. The first-order chi connectivity index (χ1) is 8.77. The first-order valence-electron chi connectivity index (χ1n) is 6.37. The number of nitrogens with zero attached hydrogens (tertiary/aromatic N) is 1. The number of hydrogen-bond donors (Lipinski definition) is 1. The first-order valence-corrected chi connectivity index (χ1v) is 6.37. The Hall–Kier alpha value is -0.975. The molecule has 1 aromatic heterocycles. The van der Waals surface area contributed by atoms with E-state index in [-0.39, 0.29) is 18.7 Å². The Bertz CT molecular complexity index is 463. The summed E-state index contributed by atoms with van der Waals surface area (Å²) in [7, 11) is -0.616. The molecule has 0 radical (unpaired) electrons. The first kappa shape index (κ1) is 14.4. The molecule has 4 nitrogen and oxygen atoms in total. The Morgan fingerprint density at radius 2 is 1.84 bits per heavy atom. The highest BCUT2D eigenvalue weighted by Gasteiger charge is 2.51. The third-order valence-corrected chi connectivity index (χ3v) is 3.81. The summed E-state index contributed by atoms with van der Waals surface area (Å²) in [5.41, 5.74) is -0.115. The molecular formula is C13H19BFNO3.